The molecule has 0 aliphatic carbocycles. The van der Waals surface area contributed by atoms with E-state index in [1.807, 2.05) is 52.1 Å². The van der Waals surface area contributed by atoms with Crippen LogP contribution in [0.2, 0.25) is 0 Å². The van der Waals surface area contributed by atoms with Gasteiger partial charge in [-0.1, -0.05) is 17.7 Å². The SMILES string of the molecule is Cc1ccc(C)c(C(=O)C(C)n2cc(C)cn2)c1. The minimum absolute atomic E-state index is 0.110. The van der Waals surface area contributed by atoms with Crippen molar-refractivity contribution in [2.24, 2.45) is 0 Å². The Balaban J connectivity index is 2.33. The number of aryl methyl sites for hydroxylation is 3. The van der Waals surface area contributed by atoms with Gasteiger partial charge in [0.25, 0.3) is 0 Å². The Bertz CT molecular complexity index is 584. The Morgan fingerprint density at radius 3 is 2.56 bits per heavy atom. The highest BCUT2D eigenvalue weighted by Gasteiger charge is 2.19. The maximum Gasteiger partial charge on any atom is 0.187 e. The standard InChI is InChI=1S/C15H18N2O/c1-10-5-6-12(3)14(7-10)15(18)13(4)17-9-11(2)8-16-17/h5-9,13H,1-4H3. The molecule has 18 heavy (non-hydrogen) atoms. The number of nitrogens with zero attached hydrogens (tertiary/aromatic N) is 2. The summed E-state index contributed by atoms with van der Waals surface area (Å²) in [6.07, 6.45) is 3.67. The van der Waals surface area contributed by atoms with Crippen molar-refractivity contribution in [3.63, 3.8) is 0 Å². The number of hydrogen-bond acceptors (Lipinski definition) is 2. The predicted molar refractivity (Wildman–Crippen MR) is 71.9 cm³/mol. The van der Waals surface area contributed by atoms with Crippen molar-refractivity contribution in [1.82, 2.24) is 9.78 Å². The molecule has 2 rings (SSSR count). The first-order valence-corrected chi connectivity index (χ1v) is 6.11. The summed E-state index contributed by atoms with van der Waals surface area (Å²) in [7, 11) is 0. The van der Waals surface area contributed by atoms with E-state index < -0.39 is 0 Å². The summed E-state index contributed by atoms with van der Waals surface area (Å²) in [5.74, 6) is 0.110. The number of benzene rings is 1. The monoisotopic (exact) mass is 242 g/mol. The Hall–Kier alpha value is -1.90. The lowest BCUT2D eigenvalue weighted by Crippen LogP contribution is -2.18. The van der Waals surface area contributed by atoms with Crippen LogP contribution < -0.4 is 0 Å². The third-order valence-corrected chi connectivity index (χ3v) is 3.17. The normalized spacial score (nSPS) is 12.4. The average molecular weight is 242 g/mol. The van der Waals surface area contributed by atoms with E-state index in [2.05, 4.69) is 5.10 Å². The van der Waals surface area contributed by atoms with Gasteiger partial charge in [0.05, 0.1) is 6.20 Å². The molecule has 0 N–H and O–H groups in total. The number of ketones is 1. The smallest absolute Gasteiger partial charge is 0.187 e. The fourth-order valence-corrected chi connectivity index (χ4v) is 1.99. The first-order chi connectivity index (χ1) is 8.49. The Labute approximate surface area is 107 Å². The summed E-state index contributed by atoms with van der Waals surface area (Å²) in [5, 5.41) is 4.21. The van der Waals surface area contributed by atoms with E-state index in [4.69, 9.17) is 0 Å². The van der Waals surface area contributed by atoms with E-state index in [0.29, 0.717) is 0 Å². The van der Waals surface area contributed by atoms with E-state index in [9.17, 15) is 4.79 Å². The van der Waals surface area contributed by atoms with E-state index in [1.54, 1.807) is 10.9 Å². The largest absolute Gasteiger partial charge is 0.292 e. The molecule has 94 valence electrons. The van der Waals surface area contributed by atoms with Crippen LogP contribution in [0.15, 0.2) is 30.6 Å². The Morgan fingerprint density at radius 1 is 1.22 bits per heavy atom. The molecule has 2 aromatic rings. The Morgan fingerprint density at radius 2 is 1.94 bits per heavy atom. The van der Waals surface area contributed by atoms with E-state index in [-0.39, 0.29) is 11.8 Å². The summed E-state index contributed by atoms with van der Waals surface area (Å²) in [4.78, 5) is 12.5. The second-order valence-electron chi connectivity index (χ2n) is 4.86. The number of rotatable bonds is 3. The van der Waals surface area contributed by atoms with E-state index >= 15 is 0 Å². The van der Waals surface area contributed by atoms with Crippen LogP contribution in [0.5, 0.6) is 0 Å². The van der Waals surface area contributed by atoms with Crippen LogP contribution in [-0.4, -0.2) is 15.6 Å². The molecule has 0 amide bonds. The van der Waals surface area contributed by atoms with Gasteiger partial charge in [0.2, 0.25) is 0 Å². The fraction of sp³-hybridized carbons (Fsp3) is 0.333. The number of Topliss-reactive ketones (excluding diaryl/α,β-unsaturated/α-hetero) is 1. The minimum atomic E-state index is -0.265. The molecule has 1 aromatic carbocycles. The number of carbonyl (C=O) groups excluding carboxylic acids is 1. The van der Waals surface area contributed by atoms with Gasteiger partial charge >= 0.3 is 0 Å². The predicted octanol–water partition coefficient (Wildman–Crippen LogP) is 3.25. The zero-order valence-corrected chi connectivity index (χ0v) is 11.3. The number of hydrogen-bond donors (Lipinski definition) is 0. The molecule has 0 aliphatic heterocycles. The number of carbonyl (C=O) groups is 1. The van der Waals surface area contributed by atoms with Crippen molar-refractivity contribution < 1.29 is 4.79 Å². The maximum absolute atomic E-state index is 12.5. The van der Waals surface area contributed by atoms with Crippen LogP contribution in [0.4, 0.5) is 0 Å². The molecular weight excluding hydrogens is 224 g/mol. The number of aromatic nitrogens is 2. The molecule has 0 radical (unpaired) electrons. The minimum Gasteiger partial charge on any atom is -0.292 e. The lowest BCUT2D eigenvalue weighted by Gasteiger charge is -2.13. The van der Waals surface area contributed by atoms with E-state index in [0.717, 1.165) is 22.3 Å². The van der Waals surface area contributed by atoms with Gasteiger partial charge in [0, 0.05) is 11.8 Å². The molecular formula is C15H18N2O. The first-order valence-electron chi connectivity index (χ1n) is 6.11. The zero-order valence-electron chi connectivity index (χ0n) is 11.3. The van der Waals surface area contributed by atoms with Crippen LogP contribution >= 0.6 is 0 Å². The molecule has 0 aliphatic rings. The summed E-state index contributed by atoms with van der Waals surface area (Å²) in [6.45, 7) is 7.82. The first kappa shape index (κ1) is 12.6. The zero-order chi connectivity index (χ0) is 13.3. The second kappa shape index (κ2) is 4.77. The molecule has 1 atom stereocenters. The summed E-state index contributed by atoms with van der Waals surface area (Å²) in [6, 6.07) is 5.70. The van der Waals surface area contributed by atoms with Crippen molar-refractivity contribution in [2.45, 2.75) is 33.7 Å². The van der Waals surface area contributed by atoms with Gasteiger partial charge in [0.1, 0.15) is 6.04 Å². The Kier molecular flexibility index (Phi) is 3.32. The van der Waals surface area contributed by atoms with Crippen molar-refractivity contribution in [2.75, 3.05) is 0 Å². The third-order valence-electron chi connectivity index (χ3n) is 3.17. The highest BCUT2D eigenvalue weighted by atomic mass is 16.1. The van der Waals surface area contributed by atoms with Gasteiger partial charge in [-0.3, -0.25) is 9.48 Å². The molecule has 0 fully saturated rings. The van der Waals surface area contributed by atoms with Gasteiger partial charge in [-0.05, 0) is 44.9 Å². The van der Waals surface area contributed by atoms with Gasteiger partial charge in [-0.25, -0.2) is 0 Å². The molecule has 0 saturated carbocycles. The third kappa shape index (κ3) is 2.35. The quantitative estimate of drug-likeness (QED) is 0.774. The van der Waals surface area contributed by atoms with Gasteiger partial charge < -0.3 is 0 Å². The van der Waals surface area contributed by atoms with Gasteiger partial charge in [-0.2, -0.15) is 5.10 Å². The van der Waals surface area contributed by atoms with Crippen LogP contribution in [0.25, 0.3) is 0 Å². The van der Waals surface area contributed by atoms with Crippen molar-refractivity contribution in [3.05, 3.63) is 52.8 Å². The molecule has 1 unspecified atom stereocenters. The summed E-state index contributed by atoms with van der Waals surface area (Å²) in [5.41, 5.74) is 3.97. The molecule has 1 heterocycles. The fourth-order valence-electron chi connectivity index (χ4n) is 1.99. The van der Waals surface area contributed by atoms with Crippen molar-refractivity contribution in [3.8, 4) is 0 Å². The molecule has 3 heteroatoms. The van der Waals surface area contributed by atoms with Gasteiger partial charge in [0.15, 0.2) is 5.78 Å². The molecule has 3 nitrogen and oxygen atoms in total. The maximum atomic E-state index is 12.5. The second-order valence-corrected chi connectivity index (χ2v) is 4.86. The van der Waals surface area contributed by atoms with Crippen LogP contribution in [0, 0.1) is 20.8 Å². The van der Waals surface area contributed by atoms with E-state index in [1.165, 1.54) is 0 Å². The molecule has 0 spiro atoms. The summed E-state index contributed by atoms with van der Waals surface area (Å²) >= 11 is 0. The van der Waals surface area contributed by atoms with Crippen LogP contribution in [0.3, 0.4) is 0 Å². The lowest BCUT2D eigenvalue weighted by molar-refractivity contribution is 0.0927. The van der Waals surface area contributed by atoms with Gasteiger partial charge in [-0.15, -0.1) is 0 Å². The molecule has 0 bridgehead atoms. The topological polar surface area (TPSA) is 34.9 Å². The van der Waals surface area contributed by atoms with Crippen molar-refractivity contribution in [1.29, 1.82) is 0 Å². The highest BCUT2D eigenvalue weighted by molar-refractivity contribution is 6.00. The molecule has 0 saturated heterocycles. The molecule has 1 aromatic heterocycles. The average Bonchev–Trinajstić information content (AvgIpc) is 2.77. The summed E-state index contributed by atoms with van der Waals surface area (Å²) < 4.78 is 1.72. The lowest BCUT2D eigenvalue weighted by atomic mass is 9.98. The van der Waals surface area contributed by atoms with Crippen LogP contribution in [0.1, 0.15) is 40.0 Å². The highest BCUT2D eigenvalue weighted by Crippen LogP contribution is 2.18. The van der Waals surface area contributed by atoms with Crippen LogP contribution in [-0.2, 0) is 0 Å². The van der Waals surface area contributed by atoms with Crippen molar-refractivity contribution >= 4 is 5.78 Å².